The Kier molecular flexibility index (Phi) is 4.35. The number of carbonyl (C=O) groups is 1. The van der Waals surface area contributed by atoms with Gasteiger partial charge in [0.25, 0.3) is 5.95 Å². The Hall–Kier alpha value is -3.48. The van der Waals surface area contributed by atoms with Crippen LogP contribution in [-0.2, 0) is 4.79 Å². The van der Waals surface area contributed by atoms with Crippen molar-refractivity contribution in [2.24, 2.45) is 0 Å². The molecule has 0 saturated heterocycles. The third kappa shape index (κ3) is 3.51. The van der Waals surface area contributed by atoms with E-state index in [0.29, 0.717) is 12.0 Å². The molecule has 1 saturated carbocycles. The van der Waals surface area contributed by atoms with Crippen LogP contribution in [0.2, 0.25) is 0 Å². The first kappa shape index (κ1) is 17.6. The zero-order valence-electron chi connectivity index (χ0n) is 16.2. The topological polar surface area (TPSA) is 75.9 Å². The van der Waals surface area contributed by atoms with E-state index in [0.717, 1.165) is 29.7 Å². The van der Waals surface area contributed by atoms with Crippen LogP contribution in [0.15, 0.2) is 60.7 Å². The summed E-state index contributed by atoms with van der Waals surface area (Å²) in [6.45, 7) is 2.25. The lowest BCUT2D eigenvalue weighted by molar-refractivity contribution is -0.119. The van der Waals surface area contributed by atoms with Crippen LogP contribution >= 0.6 is 0 Å². The predicted molar refractivity (Wildman–Crippen MR) is 110 cm³/mol. The van der Waals surface area contributed by atoms with E-state index in [4.69, 9.17) is 0 Å². The van der Waals surface area contributed by atoms with Gasteiger partial charge in [0.2, 0.25) is 5.91 Å². The number of rotatable bonds is 5. The summed E-state index contributed by atoms with van der Waals surface area (Å²) in [5.74, 6) is 0.556. The number of nitrogens with one attached hydrogen (secondary N) is 1. The highest BCUT2D eigenvalue weighted by Crippen LogP contribution is 2.36. The number of aromatic nitrogens is 4. The number of hydrogen-bond acceptors (Lipinski definition) is 5. The predicted octanol–water partition coefficient (Wildman–Crippen LogP) is 2.71. The summed E-state index contributed by atoms with van der Waals surface area (Å²) in [4.78, 5) is 14.5. The molecule has 0 bridgehead atoms. The van der Waals surface area contributed by atoms with Gasteiger partial charge in [-0.25, -0.2) is 0 Å². The number of hydrogen-bond donors (Lipinski definition) is 1. The Morgan fingerprint density at radius 1 is 1.10 bits per heavy atom. The lowest BCUT2D eigenvalue weighted by Crippen LogP contribution is -2.40. The molecule has 0 unspecified atom stereocenters. The Labute approximate surface area is 169 Å². The molecular weight excluding hydrogens is 364 g/mol. The van der Waals surface area contributed by atoms with Crippen molar-refractivity contribution >= 4 is 17.6 Å². The quantitative estimate of drug-likeness (QED) is 0.730. The first-order chi connectivity index (χ1) is 14.2. The maximum Gasteiger partial charge on any atom is 0.251 e. The van der Waals surface area contributed by atoms with Crippen molar-refractivity contribution in [3.63, 3.8) is 0 Å². The number of amides is 1. The second-order valence-electron chi connectivity index (χ2n) is 7.62. The molecular formula is C22H22N6O. The fraction of sp³-hybridized carbons (Fsp3) is 0.273. The molecule has 0 radical (unpaired) electrons. The molecule has 7 nitrogen and oxygen atoms in total. The molecule has 2 aliphatic rings. The fourth-order valence-corrected chi connectivity index (χ4v) is 3.63. The first-order valence-corrected chi connectivity index (χ1v) is 9.87. The molecule has 1 aliphatic heterocycles. The van der Waals surface area contributed by atoms with E-state index in [1.807, 2.05) is 35.2 Å². The van der Waals surface area contributed by atoms with Gasteiger partial charge < -0.3 is 5.32 Å². The minimum Gasteiger partial charge on any atom is -0.352 e. The maximum atomic E-state index is 12.6. The highest BCUT2D eigenvalue weighted by Gasteiger charge is 2.33. The number of fused-ring (bicyclic) bond motifs is 1. The van der Waals surface area contributed by atoms with E-state index < -0.39 is 0 Å². The van der Waals surface area contributed by atoms with Gasteiger partial charge >= 0.3 is 0 Å². The van der Waals surface area contributed by atoms with Crippen molar-refractivity contribution in [3.05, 3.63) is 77.4 Å². The zero-order valence-corrected chi connectivity index (χ0v) is 16.2. The van der Waals surface area contributed by atoms with Crippen LogP contribution < -0.4 is 10.2 Å². The van der Waals surface area contributed by atoms with Gasteiger partial charge in [0.05, 0.1) is 5.70 Å². The smallest absolute Gasteiger partial charge is 0.251 e. The molecule has 5 rings (SSSR count). The van der Waals surface area contributed by atoms with Gasteiger partial charge in [0.15, 0.2) is 0 Å². The van der Waals surface area contributed by atoms with Gasteiger partial charge in [0, 0.05) is 6.04 Å². The van der Waals surface area contributed by atoms with Crippen LogP contribution in [0.4, 0.5) is 5.95 Å². The molecule has 1 aliphatic carbocycles. The molecule has 1 atom stereocenters. The van der Waals surface area contributed by atoms with Gasteiger partial charge in [-0.3, -0.25) is 9.69 Å². The van der Waals surface area contributed by atoms with E-state index in [2.05, 4.69) is 58.1 Å². The van der Waals surface area contributed by atoms with Gasteiger partial charge in [-0.2, -0.15) is 4.68 Å². The van der Waals surface area contributed by atoms with Crippen molar-refractivity contribution < 1.29 is 4.79 Å². The molecule has 2 heterocycles. The van der Waals surface area contributed by atoms with E-state index >= 15 is 0 Å². The Morgan fingerprint density at radius 2 is 1.86 bits per heavy atom. The lowest BCUT2D eigenvalue weighted by Gasteiger charge is -2.32. The molecule has 1 N–H and O–H groups in total. The van der Waals surface area contributed by atoms with Crippen LogP contribution in [-0.4, -0.2) is 38.7 Å². The minimum atomic E-state index is -0.140. The molecule has 7 heteroatoms. The molecule has 146 valence electrons. The second-order valence-corrected chi connectivity index (χ2v) is 7.62. The van der Waals surface area contributed by atoms with Crippen molar-refractivity contribution in [2.45, 2.75) is 31.8 Å². The summed E-state index contributed by atoms with van der Waals surface area (Å²) >= 11 is 0. The summed E-state index contributed by atoms with van der Waals surface area (Å²) in [6, 6.07) is 18.6. The minimum absolute atomic E-state index is 0.0160. The Balaban J connectivity index is 1.57. The average Bonchev–Trinajstić information content (AvgIpc) is 3.41. The number of allylic oxidation sites excluding steroid dienone is 1. The van der Waals surface area contributed by atoms with Gasteiger partial charge in [-0.05, 0) is 47.4 Å². The first-order valence-electron chi connectivity index (χ1n) is 9.87. The molecule has 1 fully saturated rings. The number of carbonyl (C=O) groups excluding carboxylic acids is 1. The normalized spacial score (nSPS) is 18.2. The van der Waals surface area contributed by atoms with Crippen LogP contribution in [0.1, 0.15) is 35.6 Å². The number of anilines is 1. The molecule has 3 aromatic rings. The van der Waals surface area contributed by atoms with Crippen LogP contribution in [0.25, 0.3) is 5.70 Å². The van der Waals surface area contributed by atoms with Crippen molar-refractivity contribution in [3.8, 4) is 0 Å². The monoisotopic (exact) mass is 386 g/mol. The third-order valence-electron chi connectivity index (χ3n) is 5.32. The van der Waals surface area contributed by atoms with E-state index in [9.17, 15) is 4.79 Å². The number of nitrogens with zero attached hydrogens (tertiary/aromatic N) is 5. The highest BCUT2D eigenvalue weighted by atomic mass is 16.2. The molecule has 29 heavy (non-hydrogen) atoms. The Bertz CT molecular complexity index is 1050. The molecule has 1 aromatic heterocycles. The SMILES string of the molecule is Cc1ccc([C@@H]2C=C(c3ccccc3)N(CC(=O)NC3CC3)c3nnnn32)cc1. The Morgan fingerprint density at radius 3 is 2.59 bits per heavy atom. The van der Waals surface area contributed by atoms with Gasteiger partial charge in [0.1, 0.15) is 12.6 Å². The third-order valence-corrected chi connectivity index (χ3v) is 5.32. The van der Waals surface area contributed by atoms with Crippen LogP contribution in [0.5, 0.6) is 0 Å². The second kappa shape index (κ2) is 7.16. The maximum absolute atomic E-state index is 12.6. The van der Waals surface area contributed by atoms with Crippen molar-refractivity contribution in [1.82, 2.24) is 25.5 Å². The van der Waals surface area contributed by atoms with E-state index in [1.165, 1.54) is 5.56 Å². The molecule has 2 aromatic carbocycles. The van der Waals surface area contributed by atoms with Crippen molar-refractivity contribution in [2.75, 3.05) is 11.4 Å². The average molecular weight is 386 g/mol. The standard InChI is InChI=1S/C22H22N6O/c1-15-7-9-17(10-8-15)20-13-19(16-5-3-2-4-6-16)27(22-24-25-26-28(20)22)14-21(29)23-18-11-12-18/h2-10,13,18,20H,11-12,14H2,1H3,(H,23,29)/t20-/m0/s1. The number of aryl methyl sites for hydroxylation is 1. The summed E-state index contributed by atoms with van der Waals surface area (Å²) in [7, 11) is 0. The summed E-state index contributed by atoms with van der Waals surface area (Å²) < 4.78 is 1.78. The van der Waals surface area contributed by atoms with E-state index in [1.54, 1.807) is 4.68 Å². The fourth-order valence-electron chi connectivity index (χ4n) is 3.63. The molecule has 1 amide bonds. The summed E-state index contributed by atoms with van der Waals surface area (Å²) in [6.07, 6.45) is 4.24. The zero-order chi connectivity index (χ0) is 19.8. The van der Waals surface area contributed by atoms with Crippen LogP contribution in [0, 0.1) is 6.92 Å². The number of benzene rings is 2. The summed E-state index contributed by atoms with van der Waals surface area (Å²) in [5.41, 5.74) is 4.26. The van der Waals surface area contributed by atoms with E-state index in [-0.39, 0.29) is 18.5 Å². The van der Waals surface area contributed by atoms with Gasteiger partial charge in [-0.1, -0.05) is 65.3 Å². The summed E-state index contributed by atoms with van der Waals surface area (Å²) in [5, 5.41) is 15.5. The van der Waals surface area contributed by atoms with Crippen molar-refractivity contribution in [1.29, 1.82) is 0 Å². The number of tetrazole rings is 1. The van der Waals surface area contributed by atoms with Crippen LogP contribution in [0.3, 0.4) is 0 Å². The van der Waals surface area contributed by atoms with Gasteiger partial charge in [-0.15, -0.1) is 0 Å². The lowest BCUT2D eigenvalue weighted by atomic mass is 10.00. The highest BCUT2D eigenvalue weighted by molar-refractivity contribution is 5.89. The molecule has 0 spiro atoms. The largest absolute Gasteiger partial charge is 0.352 e.